The van der Waals surface area contributed by atoms with Gasteiger partial charge in [0, 0.05) is 12.3 Å². The molecular weight excluding hydrogens is 137 g/mol. The second kappa shape index (κ2) is 2.51. The summed E-state index contributed by atoms with van der Waals surface area (Å²) in [6.07, 6.45) is 0.959. The van der Waals surface area contributed by atoms with Gasteiger partial charge in [0.2, 0.25) is 5.43 Å². The van der Waals surface area contributed by atoms with E-state index in [2.05, 4.69) is 9.72 Å². The molecule has 10 heavy (non-hydrogen) atoms. The average molecular weight is 143 g/mol. The zero-order valence-electron chi connectivity index (χ0n) is 5.35. The second-order valence-corrected chi connectivity index (χ2v) is 1.71. The number of pyridine rings is 1. The topological polar surface area (TPSA) is 42.1 Å². The highest BCUT2D eigenvalue weighted by molar-refractivity contribution is 5.10. The van der Waals surface area contributed by atoms with E-state index >= 15 is 0 Å². The SMILES string of the molecule is COc1cc(=O)c(F)c[nH]1. The van der Waals surface area contributed by atoms with Crippen molar-refractivity contribution in [2.75, 3.05) is 7.11 Å². The highest BCUT2D eigenvalue weighted by Gasteiger charge is 1.97. The van der Waals surface area contributed by atoms with Crippen molar-refractivity contribution in [2.24, 2.45) is 0 Å². The maximum absolute atomic E-state index is 12.2. The van der Waals surface area contributed by atoms with Crippen LogP contribution >= 0.6 is 0 Å². The summed E-state index contributed by atoms with van der Waals surface area (Å²) in [4.78, 5) is 13.0. The van der Waals surface area contributed by atoms with Gasteiger partial charge in [-0.3, -0.25) is 4.79 Å². The van der Waals surface area contributed by atoms with E-state index < -0.39 is 11.2 Å². The van der Waals surface area contributed by atoms with Crippen LogP contribution in [0.5, 0.6) is 5.88 Å². The van der Waals surface area contributed by atoms with E-state index in [1.807, 2.05) is 0 Å². The van der Waals surface area contributed by atoms with Crippen molar-refractivity contribution in [2.45, 2.75) is 0 Å². The Kier molecular flexibility index (Phi) is 1.71. The van der Waals surface area contributed by atoms with Crippen LogP contribution in [0.2, 0.25) is 0 Å². The summed E-state index contributed by atoms with van der Waals surface area (Å²) < 4.78 is 16.9. The Labute approximate surface area is 56.5 Å². The summed E-state index contributed by atoms with van der Waals surface area (Å²) in [5.74, 6) is -0.549. The number of halogens is 1. The zero-order valence-corrected chi connectivity index (χ0v) is 5.35. The molecule has 0 saturated heterocycles. The largest absolute Gasteiger partial charge is 0.482 e. The molecule has 0 unspecified atom stereocenters. The molecule has 1 rings (SSSR count). The summed E-state index contributed by atoms with van der Waals surface area (Å²) in [6, 6.07) is 1.05. The molecule has 3 nitrogen and oxygen atoms in total. The van der Waals surface area contributed by atoms with Crippen LogP contribution in [0.3, 0.4) is 0 Å². The van der Waals surface area contributed by atoms with Crippen molar-refractivity contribution < 1.29 is 9.13 Å². The van der Waals surface area contributed by atoms with E-state index in [4.69, 9.17) is 0 Å². The number of ether oxygens (including phenoxy) is 1. The fourth-order valence-corrected chi connectivity index (χ4v) is 0.553. The van der Waals surface area contributed by atoms with Gasteiger partial charge >= 0.3 is 0 Å². The Hall–Kier alpha value is -1.32. The molecule has 0 aliphatic carbocycles. The standard InChI is InChI=1S/C6H6FNO2/c1-10-6-2-5(9)4(7)3-8-6/h2-3H,1H3,(H,8,9). The summed E-state index contributed by atoms with van der Waals surface area (Å²) in [5, 5.41) is 0. The van der Waals surface area contributed by atoms with Crippen LogP contribution in [-0.2, 0) is 0 Å². The van der Waals surface area contributed by atoms with E-state index in [0.717, 1.165) is 12.3 Å². The fraction of sp³-hybridized carbons (Fsp3) is 0.167. The number of hydrogen-bond donors (Lipinski definition) is 1. The van der Waals surface area contributed by atoms with Gasteiger partial charge in [-0.15, -0.1) is 0 Å². The lowest BCUT2D eigenvalue weighted by molar-refractivity contribution is 0.395. The van der Waals surface area contributed by atoms with Crippen LogP contribution in [0.1, 0.15) is 0 Å². The van der Waals surface area contributed by atoms with Crippen LogP contribution in [0.4, 0.5) is 4.39 Å². The Balaban J connectivity index is 3.17. The molecular formula is C6H6FNO2. The Morgan fingerprint density at radius 3 is 2.90 bits per heavy atom. The molecule has 0 aliphatic heterocycles. The van der Waals surface area contributed by atoms with Gasteiger partial charge in [0.15, 0.2) is 11.7 Å². The van der Waals surface area contributed by atoms with Crippen LogP contribution < -0.4 is 10.2 Å². The summed E-state index contributed by atoms with van der Waals surface area (Å²) in [5.41, 5.74) is -0.671. The first kappa shape index (κ1) is 6.80. The van der Waals surface area contributed by atoms with Gasteiger partial charge in [0.25, 0.3) is 0 Å². The molecule has 1 heterocycles. The first-order valence-corrected chi connectivity index (χ1v) is 2.66. The molecule has 4 heteroatoms. The Morgan fingerprint density at radius 1 is 1.70 bits per heavy atom. The number of methoxy groups -OCH3 is 1. The van der Waals surface area contributed by atoms with Crippen molar-refractivity contribution in [3.63, 3.8) is 0 Å². The van der Waals surface area contributed by atoms with Crippen LogP contribution in [0.25, 0.3) is 0 Å². The average Bonchev–Trinajstić information content (AvgIpc) is 1.95. The Bertz CT molecular complexity index is 281. The number of hydrogen-bond acceptors (Lipinski definition) is 2. The maximum Gasteiger partial charge on any atom is 0.220 e. The van der Waals surface area contributed by atoms with Gasteiger partial charge in [-0.1, -0.05) is 0 Å². The number of aromatic amines is 1. The van der Waals surface area contributed by atoms with Crippen molar-refractivity contribution in [1.82, 2.24) is 4.98 Å². The molecule has 1 aromatic heterocycles. The third-order valence-electron chi connectivity index (χ3n) is 1.06. The Morgan fingerprint density at radius 2 is 2.40 bits per heavy atom. The number of nitrogens with one attached hydrogen (secondary N) is 1. The monoisotopic (exact) mass is 143 g/mol. The predicted octanol–water partition coefficient (Wildman–Crippen LogP) is 0.523. The smallest absolute Gasteiger partial charge is 0.220 e. The highest BCUT2D eigenvalue weighted by atomic mass is 19.1. The number of rotatable bonds is 1. The van der Waals surface area contributed by atoms with Gasteiger partial charge in [0.1, 0.15) is 0 Å². The molecule has 0 aliphatic rings. The molecule has 54 valence electrons. The second-order valence-electron chi connectivity index (χ2n) is 1.71. The minimum Gasteiger partial charge on any atom is -0.482 e. The number of H-pyrrole nitrogens is 1. The molecule has 0 bridgehead atoms. The van der Waals surface area contributed by atoms with Gasteiger partial charge < -0.3 is 9.72 Å². The van der Waals surface area contributed by atoms with E-state index in [1.54, 1.807) is 0 Å². The first-order chi connectivity index (χ1) is 4.74. The lowest BCUT2D eigenvalue weighted by Crippen LogP contribution is -2.05. The van der Waals surface area contributed by atoms with Crippen LogP contribution in [-0.4, -0.2) is 12.1 Å². The first-order valence-electron chi connectivity index (χ1n) is 2.66. The molecule has 1 aromatic rings. The highest BCUT2D eigenvalue weighted by Crippen LogP contribution is 1.98. The van der Waals surface area contributed by atoms with E-state index in [-0.39, 0.29) is 5.88 Å². The molecule has 0 fully saturated rings. The van der Waals surface area contributed by atoms with Crippen LogP contribution in [0.15, 0.2) is 17.1 Å². The summed E-state index contributed by atoms with van der Waals surface area (Å²) >= 11 is 0. The lowest BCUT2D eigenvalue weighted by atomic mass is 10.4. The third-order valence-corrected chi connectivity index (χ3v) is 1.06. The lowest BCUT2D eigenvalue weighted by Gasteiger charge is -1.95. The van der Waals surface area contributed by atoms with Gasteiger partial charge in [-0.25, -0.2) is 4.39 Å². The van der Waals surface area contributed by atoms with E-state index in [0.29, 0.717) is 0 Å². The molecule has 0 spiro atoms. The van der Waals surface area contributed by atoms with E-state index in [9.17, 15) is 9.18 Å². The van der Waals surface area contributed by atoms with Crippen LogP contribution in [0, 0.1) is 5.82 Å². The number of aromatic nitrogens is 1. The third kappa shape index (κ3) is 1.15. The quantitative estimate of drug-likeness (QED) is 0.622. The summed E-state index contributed by atoms with van der Waals surface area (Å²) in [6.45, 7) is 0. The molecule has 0 saturated carbocycles. The minimum absolute atomic E-state index is 0.256. The van der Waals surface area contributed by atoms with Crippen molar-refractivity contribution >= 4 is 0 Å². The molecule has 0 aromatic carbocycles. The van der Waals surface area contributed by atoms with Gasteiger partial charge in [-0.2, -0.15) is 0 Å². The normalized spacial score (nSPS) is 9.40. The molecule has 0 atom stereocenters. The fourth-order valence-electron chi connectivity index (χ4n) is 0.553. The molecule has 1 N–H and O–H groups in total. The summed E-state index contributed by atoms with van der Waals surface area (Å²) in [7, 11) is 1.39. The van der Waals surface area contributed by atoms with Crippen molar-refractivity contribution in [3.8, 4) is 5.88 Å². The minimum atomic E-state index is -0.805. The molecule has 0 amide bonds. The van der Waals surface area contributed by atoms with Crippen molar-refractivity contribution in [1.29, 1.82) is 0 Å². The van der Waals surface area contributed by atoms with E-state index in [1.165, 1.54) is 7.11 Å². The van der Waals surface area contributed by atoms with Gasteiger partial charge in [0.05, 0.1) is 7.11 Å². The zero-order chi connectivity index (χ0) is 7.56. The predicted molar refractivity (Wildman–Crippen MR) is 33.6 cm³/mol. The van der Waals surface area contributed by atoms with Crippen molar-refractivity contribution in [3.05, 3.63) is 28.3 Å². The maximum atomic E-state index is 12.2. The van der Waals surface area contributed by atoms with Gasteiger partial charge in [-0.05, 0) is 0 Å². The molecule has 0 radical (unpaired) electrons.